The average molecular weight is 173 g/mol. The molecule has 0 spiro atoms. The lowest BCUT2D eigenvalue weighted by Gasteiger charge is -2.33. The smallest absolute Gasteiger partial charge is 0.235 e. The van der Waals surface area contributed by atoms with Gasteiger partial charge in [-0.15, -0.1) is 0 Å². The summed E-state index contributed by atoms with van der Waals surface area (Å²) in [6, 6.07) is 0. The lowest BCUT2D eigenvalue weighted by atomic mass is 10.1. The normalized spacial score (nSPS) is 19.8. The van der Waals surface area contributed by atoms with Crippen LogP contribution in [0, 0.1) is 5.92 Å². The molecular weight excluding hydrogens is 158 g/mol. The van der Waals surface area contributed by atoms with Crippen molar-refractivity contribution in [1.29, 1.82) is 0 Å². The Kier molecular flexibility index (Phi) is 2.82. The highest BCUT2D eigenvalue weighted by Gasteiger charge is 2.27. The number of carbonyl (C=O) groups excluding carboxylic acids is 1. The fourth-order valence-corrected chi connectivity index (χ4v) is 1.17. The highest BCUT2D eigenvalue weighted by atomic mass is 32.1. The summed E-state index contributed by atoms with van der Waals surface area (Å²) in [6.07, 6.45) is 1.16. The van der Waals surface area contributed by atoms with Crippen LogP contribution in [-0.2, 0) is 4.79 Å². The van der Waals surface area contributed by atoms with E-state index in [1.165, 1.54) is 0 Å². The minimum Gasteiger partial charge on any atom is -0.342 e. The minimum absolute atomic E-state index is 0.102. The van der Waals surface area contributed by atoms with Crippen molar-refractivity contribution >= 4 is 18.5 Å². The Morgan fingerprint density at radius 2 is 2.00 bits per heavy atom. The quantitative estimate of drug-likeness (QED) is 0.622. The number of hydrogen-bond donors (Lipinski definition) is 1. The molecule has 2 nitrogen and oxygen atoms in total. The second-order valence-corrected chi connectivity index (χ2v) is 3.92. The van der Waals surface area contributed by atoms with Crippen LogP contribution in [0.5, 0.6) is 0 Å². The summed E-state index contributed by atoms with van der Waals surface area (Å²) in [5.41, 5.74) is 0. The molecule has 3 heteroatoms. The summed E-state index contributed by atoms with van der Waals surface area (Å²) in [5, 5.41) is -0.102. The van der Waals surface area contributed by atoms with E-state index in [0.717, 1.165) is 19.5 Å². The van der Waals surface area contributed by atoms with E-state index in [2.05, 4.69) is 12.6 Å². The van der Waals surface area contributed by atoms with Gasteiger partial charge in [-0.2, -0.15) is 12.6 Å². The summed E-state index contributed by atoms with van der Waals surface area (Å²) in [5.74, 6) is 0.543. The maximum absolute atomic E-state index is 11.4. The van der Waals surface area contributed by atoms with Gasteiger partial charge >= 0.3 is 0 Å². The molecule has 64 valence electrons. The maximum Gasteiger partial charge on any atom is 0.235 e. The highest BCUT2D eigenvalue weighted by Crippen LogP contribution is 2.16. The molecule has 1 rings (SSSR count). The fraction of sp³-hybridized carbons (Fsp3) is 0.875. The Labute approximate surface area is 73.4 Å². The Bertz CT molecular complexity index is 154. The van der Waals surface area contributed by atoms with Crippen LogP contribution in [0.1, 0.15) is 20.3 Å². The highest BCUT2D eigenvalue weighted by molar-refractivity contribution is 7.81. The van der Waals surface area contributed by atoms with Crippen molar-refractivity contribution in [2.75, 3.05) is 13.1 Å². The van der Waals surface area contributed by atoms with Crippen molar-refractivity contribution < 1.29 is 4.79 Å². The van der Waals surface area contributed by atoms with Gasteiger partial charge in [-0.1, -0.05) is 13.8 Å². The van der Waals surface area contributed by atoms with Gasteiger partial charge in [-0.3, -0.25) is 4.79 Å². The Balaban J connectivity index is 2.39. The first kappa shape index (κ1) is 8.91. The first-order chi connectivity index (χ1) is 5.13. The molecule has 0 aromatic heterocycles. The first-order valence-corrected chi connectivity index (χ1v) is 4.61. The van der Waals surface area contributed by atoms with Crippen molar-refractivity contribution in [2.45, 2.75) is 25.5 Å². The Hall–Kier alpha value is -0.180. The average Bonchev–Trinajstić information content (AvgIpc) is 1.82. The van der Waals surface area contributed by atoms with E-state index < -0.39 is 0 Å². The minimum atomic E-state index is -0.102. The van der Waals surface area contributed by atoms with E-state index in [0.29, 0.717) is 5.92 Å². The molecule has 0 bridgehead atoms. The lowest BCUT2D eigenvalue weighted by Crippen LogP contribution is -2.47. The third-order valence-electron chi connectivity index (χ3n) is 2.05. The predicted molar refractivity (Wildman–Crippen MR) is 48.8 cm³/mol. The van der Waals surface area contributed by atoms with Crippen molar-refractivity contribution in [3.63, 3.8) is 0 Å². The van der Waals surface area contributed by atoms with E-state index in [9.17, 15) is 4.79 Å². The van der Waals surface area contributed by atoms with Gasteiger partial charge in [0.15, 0.2) is 0 Å². The van der Waals surface area contributed by atoms with Crippen molar-refractivity contribution in [2.24, 2.45) is 5.92 Å². The molecule has 1 fully saturated rings. The standard InChI is InChI=1S/C8H15NOS/c1-6(2)7(11)8(10)9-4-3-5-9/h6-7,11H,3-5H2,1-2H3. The Morgan fingerprint density at radius 1 is 1.45 bits per heavy atom. The number of nitrogens with zero attached hydrogens (tertiary/aromatic N) is 1. The lowest BCUT2D eigenvalue weighted by molar-refractivity contribution is -0.134. The molecule has 1 saturated heterocycles. The van der Waals surface area contributed by atoms with Crippen molar-refractivity contribution in [1.82, 2.24) is 4.90 Å². The number of amides is 1. The third-order valence-corrected chi connectivity index (χ3v) is 2.87. The number of likely N-dealkylation sites (tertiary alicyclic amines) is 1. The van der Waals surface area contributed by atoms with E-state index in [1.807, 2.05) is 18.7 Å². The second kappa shape index (κ2) is 3.48. The van der Waals surface area contributed by atoms with Gasteiger partial charge in [0.25, 0.3) is 0 Å². The SMILES string of the molecule is CC(C)C(S)C(=O)N1CCC1. The molecule has 1 atom stereocenters. The molecule has 1 aliphatic heterocycles. The monoisotopic (exact) mass is 173 g/mol. The van der Waals surface area contributed by atoms with Gasteiger partial charge in [0.1, 0.15) is 0 Å². The fourth-order valence-electron chi connectivity index (χ4n) is 1.01. The molecule has 1 unspecified atom stereocenters. The van der Waals surface area contributed by atoms with Gasteiger partial charge in [-0.05, 0) is 12.3 Å². The van der Waals surface area contributed by atoms with E-state index in [1.54, 1.807) is 0 Å². The first-order valence-electron chi connectivity index (χ1n) is 4.10. The zero-order chi connectivity index (χ0) is 8.43. The molecule has 0 saturated carbocycles. The summed E-state index contributed by atoms with van der Waals surface area (Å²) in [7, 11) is 0. The van der Waals surface area contributed by atoms with Gasteiger partial charge in [0.2, 0.25) is 5.91 Å². The zero-order valence-corrected chi connectivity index (χ0v) is 7.97. The zero-order valence-electron chi connectivity index (χ0n) is 7.08. The van der Waals surface area contributed by atoms with Crippen molar-refractivity contribution in [3.05, 3.63) is 0 Å². The number of thiol groups is 1. The van der Waals surface area contributed by atoms with Crippen LogP contribution in [0.3, 0.4) is 0 Å². The molecule has 0 N–H and O–H groups in total. The second-order valence-electron chi connectivity index (χ2n) is 3.37. The topological polar surface area (TPSA) is 20.3 Å². The molecule has 1 heterocycles. The number of hydrogen-bond acceptors (Lipinski definition) is 2. The van der Waals surface area contributed by atoms with Gasteiger partial charge < -0.3 is 4.90 Å². The largest absolute Gasteiger partial charge is 0.342 e. The summed E-state index contributed by atoms with van der Waals surface area (Å²) < 4.78 is 0. The molecule has 11 heavy (non-hydrogen) atoms. The van der Waals surface area contributed by atoms with Crippen LogP contribution < -0.4 is 0 Å². The van der Waals surface area contributed by atoms with Crippen LogP contribution in [-0.4, -0.2) is 29.1 Å². The molecule has 0 radical (unpaired) electrons. The summed E-state index contributed by atoms with van der Waals surface area (Å²) >= 11 is 4.26. The Morgan fingerprint density at radius 3 is 2.27 bits per heavy atom. The summed E-state index contributed by atoms with van der Waals surface area (Å²) in [6.45, 7) is 5.91. The number of carbonyl (C=O) groups is 1. The van der Waals surface area contributed by atoms with Gasteiger partial charge in [0, 0.05) is 13.1 Å². The van der Waals surface area contributed by atoms with Gasteiger partial charge in [0.05, 0.1) is 5.25 Å². The summed E-state index contributed by atoms with van der Waals surface area (Å²) in [4.78, 5) is 13.3. The molecule has 1 aliphatic rings. The van der Waals surface area contributed by atoms with E-state index in [-0.39, 0.29) is 11.2 Å². The molecule has 0 aromatic rings. The van der Waals surface area contributed by atoms with Crippen LogP contribution in [0.4, 0.5) is 0 Å². The van der Waals surface area contributed by atoms with E-state index >= 15 is 0 Å². The molecular formula is C8H15NOS. The molecule has 0 aromatic carbocycles. The molecule has 0 aliphatic carbocycles. The van der Waals surface area contributed by atoms with Crippen LogP contribution in [0.25, 0.3) is 0 Å². The van der Waals surface area contributed by atoms with E-state index in [4.69, 9.17) is 0 Å². The van der Waals surface area contributed by atoms with Crippen molar-refractivity contribution in [3.8, 4) is 0 Å². The van der Waals surface area contributed by atoms with Crippen LogP contribution >= 0.6 is 12.6 Å². The third kappa shape index (κ3) is 1.89. The molecule has 1 amide bonds. The number of rotatable bonds is 2. The predicted octanol–water partition coefficient (Wildman–Crippen LogP) is 1.17. The maximum atomic E-state index is 11.4. The van der Waals surface area contributed by atoms with Gasteiger partial charge in [-0.25, -0.2) is 0 Å². The van der Waals surface area contributed by atoms with Crippen LogP contribution in [0.15, 0.2) is 0 Å². The van der Waals surface area contributed by atoms with Crippen LogP contribution in [0.2, 0.25) is 0 Å².